The molecule has 0 amide bonds. The molecule has 80 heavy (non-hydrogen) atoms. The molecule has 0 spiro atoms. The third-order valence-electron chi connectivity index (χ3n) is 17.1. The number of benzene rings is 15. The summed E-state index contributed by atoms with van der Waals surface area (Å²) in [5.74, 6) is 0. The molecule has 0 bridgehead atoms. The number of nitrogens with zero attached hydrogens (tertiary/aromatic N) is 4. The molecule has 4 heteroatoms. The van der Waals surface area contributed by atoms with E-state index in [2.05, 4.69) is 257 Å². The predicted molar refractivity (Wildman–Crippen MR) is 335 cm³/mol. The van der Waals surface area contributed by atoms with Crippen molar-refractivity contribution in [1.29, 1.82) is 5.26 Å². The number of para-hydroxylation sites is 2. The van der Waals surface area contributed by atoms with Gasteiger partial charge in [0.15, 0.2) is 5.69 Å². The summed E-state index contributed by atoms with van der Waals surface area (Å²) in [6.07, 6.45) is 0. The van der Waals surface area contributed by atoms with E-state index in [4.69, 9.17) is 6.57 Å². The van der Waals surface area contributed by atoms with Gasteiger partial charge in [0.05, 0.1) is 34.8 Å². The summed E-state index contributed by atoms with van der Waals surface area (Å²) in [6, 6.07) is 95.3. The molecule has 17 rings (SSSR count). The van der Waals surface area contributed by atoms with E-state index < -0.39 is 0 Å². The highest BCUT2D eigenvalue weighted by molar-refractivity contribution is 6.29. The fourth-order valence-corrected chi connectivity index (χ4v) is 13.7. The summed E-state index contributed by atoms with van der Waals surface area (Å²) >= 11 is 0. The summed E-state index contributed by atoms with van der Waals surface area (Å²) in [4.78, 5) is 3.93. The molecule has 366 valence electrons. The van der Waals surface area contributed by atoms with E-state index in [1.54, 1.807) is 0 Å². The molecule has 0 saturated heterocycles. The van der Waals surface area contributed by atoms with Gasteiger partial charge < -0.3 is 9.13 Å². The molecule has 0 saturated carbocycles. The molecule has 17 aromatic rings. The van der Waals surface area contributed by atoms with Gasteiger partial charge in [-0.1, -0.05) is 170 Å². The molecule has 0 unspecified atom stereocenters. The third-order valence-corrected chi connectivity index (χ3v) is 17.1. The maximum Gasteiger partial charge on any atom is 0.189 e. The standard InChI is InChI=1S/C76H42N4/c1-78-56-38-53-29-28-52-37-55(42-69-73(52)74(53)70(43-56)80(69)58-20-6-3-7-21-58)49-31-33-64-66(40-49)76(62-25-13-17-47-15-9-11-23-60(47)62)63-32-30-48(39-65(63)75(64)61-24-12-16-46-14-8-10-22-59(46)61)54-36-51-27-26-50-34-45(44-77)35-67-71(50)72(51)68(41-54)79(67)57-18-4-2-5-19-57/h2-43H. The molecule has 0 radical (unpaired) electrons. The average Bonchev–Trinajstić information content (AvgIpc) is 3.95. The topological polar surface area (TPSA) is 38.0 Å². The zero-order valence-corrected chi connectivity index (χ0v) is 43.0. The Morgan fingerprint density at radius 1 is 0.312 bits per heavy atom. The predicted octanol–water partition coefficient (Wildman–Crippen LogP) is 20.8. The second-order valence-corrected chi connectivity index (χ2v) is 21.4. The quantitative estimate of drug-likeness (QED) is 0.0929. The molecule has 0 N–H and O–H groups in total. The van der Waals surface area contributed by atoms with E-state index in [1.165, 1.54) is 86.9 Å². The lowest BCUT2D eigenvalue weighted by molar-refractivity contribution is 1.18. The van der Waals surface area contributed by atoms with Crippen LogP contribution in [0.25, 0.3) is 169 Å². The third kappa shape index (κ3) is 6.30. The molecule has 2 aromatic heterocycles. The van der Waals surface area contributed by atoms with Crippen molar-refractivity contribution in [2.45, 2.75) is 0 Å². The summed E-state index contributed by atoms with van der Waals surface area (Å²) in [5.41, 5.74) is 16.9. The Kier molecular flexibility index (Phi) is 9.23. The number of fused-ring (bicyclic) bond motifs is 4. The maximum atomic E-state index is 10.2. The van der Waals surface area contributed by atoms with Crippen LogP contribution in [0.1, 0.15) is 5.56 Å². The zero-order valence-electron chi connectivity index (χ0n) is 43.0. The minimum absolute atomic E-state index is 0.631. The monoisotopic (exact) mass is 1010 g/mol. The van der Waals surface area contributed by atoms with Gasteiger partial charge in [0.2, 0.25) is 0 Å². The van der Waals surface area contributed by atoms with Crippen molar-refractivity contribution in [1.82, 2.24) is 9.13 Å². The van der Waals surface area contributed by atoms with E-state index in [0.717, 1.165) is 77.2 Å². The Morgan fingerprint density at radius 2 is 0.738 bits per heavy atom. The van der Waals surface area contributed by atoms with E-state index in [0.29, 0.717) is 11.3 Å². The van der Waals surface area contributed by atoms with E-state index >= 15 is 0 Å². The summed E-state index contributed by atoms with van der Waals surface area (Å²) < 4.78 is 4.69. The highest BCUT2D eigenvalue weighted by Gasteiger charge is 2.25. The lowest BCUT2D eigenvalue weighted by atomic mass is 9.82. The lowest BCUT2D eigenvalue weighted by Crippen LogP contribution is -1.95. The van der Waals surface area contributed by atoms with Crippen LogP contribution in [-0.2, 0) is 0 Å². The van der Waals surface area contributed by atoms with Crippen LogP contribution in [-0.4, -0.2) is 9.13 Å². The first-order valence-electron chi connectivity index (χ1n) is 27.1. The first kappa shape index (κ1) is 44.1. The summed E-state index contributed by atoms with van der Waals surface area (Å²) in [5, 5.41) is 28.9. The zero-order chi connectivity index (χ0) is 52.7. The Balaban J connectivity index is 0.980. The number of hydrogen-bond acceptors (Lipinski definition) is 1. The SMILES string of the molecule is [C-]#[N+]c1cc2ccc3cc(-c4ccc5c(-c6cccc7ccccc67)c6cc(-c7cc8ccc9cc(C#N)cc%10c9c8c(c7)n%10-c7ccccc7)ccc6c(-c6cccc7ccccc67)c5c4)cc4c3c2c(c1)n4-c1ccccc1. The molecular weight excluding hydrogens is 969 g/mol. The molecule has 4 nitrogen and oxygen atoms in total. The van der Waals surface area contributed by atoms with E-state index in [1.807, 2.05) is 18.2 Å². The van der Waals surface area contributed by atoms with Crippen molar-refractivity contribution >= 4 is 114 Å². The number of hydrogen-bond donors (Lipinski definition) is 0. The van der Waals surface area contributed by atoms with Crippen LogP contribution in [0.5, 0.6) is 0 Å². The first-order valence-corrected chi connectivity index (χ1v) is 27.1. The summed E-state index contributed by atoms with van der Waals surface area (Å²) in [6.45, 7) is 8.05. The van der Waals surface area contributed by atoms with Crippen LogP contribution < -0.4 is 0 Å². The number of rotatable bonds is 6. The van der Waals surface area contributed by atoms with Gasteiger partial charge in [0.25, 0.3) is 0 Å². The molecule has 0 atom stereocenters. The van der Waals surface area contributed by atoms with Gasteiger partial charge in [-0.2, -0.15) is 5.26 Å². The van der Waals surface area contributed by atoms with Gasteiger partial charge in [-0.05, 0) is 194 Å². The van der Waals surface area contributed by atoms with Crippen molar-refractivity contribution in [3.05, 3.63) is 272 Å². The Morgan fingerprint density at radius 3 is 1.23 bits per heavy atom. The molecule has 0 aliphatic carbocycles. The highest BCUT2D eigenvalue weighted by atomic mass is 15.0. The van der Waals surface area contributed by atoms with Crippen molar-refractivity contribution in [2.75, 3.05) is 0 Å². The largest absolute Gasteiger partial charge is 0.310 e. The van der Waals surface area contributed by atoms with Crippen LogP contribution in [0.15, 0.2) is 255 Å². The average molecular weight is 1010 g/mol. The fraction of sp³-hybridized carbons (Fsp3) is 0. The van der Waals surface area contributed by atoms with Crippen molar-refractivity contribution < 1.29 is 0 Å². The molecule has 0 aliphatic rings. The lowest BCUT2D eigenvalue weighted by Gasteiger charge is -2.21. The normalized spacial score (nSPS) is 12.0. The van der Waals surface area contributed by atoms with Gasteiger partial charge >= 0.3 is 0 Å². The Labute approximate surface area is 459 Å². The minimum atomic E-state index is 0.631. The second-order valence-electron chi connectivity index (χ2n) is 21.4. The van der Waals surface area contributed by atoms with Crippen LogP contribution in [0.3, 0.4) is 0 Å². The smallest absolute Gasteiger partial charge is 0.189 e. The molecule has 2 heterocycles. The second kappa shape index (κ2) is 16.7. The molecule has 0 aliphatic heterocycles. The van der Waals surface area contributed by atoms with Crippen molar-refractivity contribution in [2.24, 2.45) is 0 Å². The van der Waals surface area contributed by atoms with Gasteiger partial charge in [-0.25, -0.2) is 4.85 Å². The minimum Gasteiger partial charge on any atom is -0.310 e. The molecule has 15 aromatic carbocycles. The number of aromatic nitrogens is 2. The van der Waals surface area contributed by atoms with Crippen LogP contribution in [0.4, 0.5) is 5.69 Å². The molecule has 0 fully saturated rings. The number of nitriles is 1. The Bertz CT molecular complexity index is 5190. The van der Waals surface area contributed by atoms with Gasteiger partial charge in [-0.3, -0.25) is 0 Å². The van der Waals surface area contributed by atoms with Gasteiger partial charge in [0.1, 0.15) is 0 Å². The Hall–Kier alpha value is -11.0. The van der Waals surface area contributed by atoms with Crippen LogP contribution in [0.2, 0.25) is 0 Å². The highest BCUT2D eigenvalue weighted by Crippen LogP contribution is 2.51. The van der Waals surface area contributed by atoms with Crippen molar-refractivity contribution in [3.8, 4) is 62.0 Å². The van der Waals surface area contributed by atoms with Crippen LogP contribution in [0, 0.1) is 17.9 Å². The molecular formula is C76H42N4. The van der Waals surface area contributed by atoms with Gasteiger partial charge in [0, 0.05) is 38.4 Å². The summed E-state index contributed by atoms with van der Waals surface area (Å²) in [7, 11) is 0. The van der Waals surface area contributed by atoms with Gasteiger partial charge in [-0.15, -0.1) is 0 Å². The maximum absolute atomic E-state index is 10.2. The fourth-order valence-electron chi connectivity index (χ4n) is 13.7. The van der Waals surface area contributed by atoms with E-state index in [9.17, 15) is 5.26 Å². The first-order chi connectivity index (χ1) is 39.6. The van der Waals surface area contributed by atoms with Crippen molar-refractivity contribution in [3.63, 3.8) is 0 Å². The van der Waals surface area contributed by atoms with E-state index in [-0.39, 0.29) is 0 Å². The van der Waals surface area contributed by atoms with Crippen LogP contribution >= 0.6 is 0 Å².